The van der Waals surface area contributed by atoms with Crippen LogP contribution in [-0.2, 0) is 4.79 Å². The van der Waals surface area contributed by atoms with E-state index in [-0.39, 0.29) is 11.7 Å². The molecular weight excluding hydrogens is 228 g/mol. The minimum absolute atomic E-state index is 0.0743. The topological polar surface area (TPSA) is 61.7 Å². The molecule has 0 unspecified atom stereocenters. The van der Waals surface area contributed by atoms with Gasteiger partial charge in [-0.25, -0.2) is 5.43 Å². The molecule has 0 aromatic heterocycles. The summed E-state index contributed by atoms with van der Waals surface area (Å²) in [6, 6.07) is 6.78. The van der Waals surface area contributed by atoms with Crippen LogP contribution in [0.25, 0.3) is 0 Å². The Kier molecular flexibility index (Phi) is 5.36. The van der Waals surface area contributed by atoms with Crippen molar-refractivity contribution in [1.29, 1.82) is 0 Å². The fourth-order valence-corrected chi connectivity index (χ4v) is 1.55. The third-order valence-corrected chi connectivity index (χ3v) is 2.44. The molecule has 1 rings (SSSR count). The highest BCUT2D eigenvalue weighted by molar-refractivity contribution is 6.00. The number of hydrogen-bond acceptors (Lipinski definition) is 3. The van der Waals surface area contributed by atoms with Gasteiger partial charge in [0.2, 0.25) is 5.91 Å². The molecule has 4 heteroatoms. The Labute approximate surface area is 108 Å². The van der Waals surface area contributed by atoms with Crippen molar-refractivity contribution in [3.05, 3.63) is 29.8 Å². The molecule has 0 bridgehead atoms. The van der Waals surface area contributed by atoms with Crippen molar-refractivity contribution >= 4 is 11.6 Å². The smallest absolute Gasteiger partial charge is 0.240 e. The number of benzene rings is 1. The summed E-state index contributed by atoms with van der Waals surface area (Å²) in [5.41, 5.74) is 4.27. The zero-order valence-corrected chi connectivity index (χ0v) is 11.1. The highest BCUT2D eigenvalue weighted by Crippen LogP contribution is 2.11. The molecule has 2 N–H and O–H groups in total. The molecule has 0 atom stereocenters. The molecule has 1 aromatic carbocycles. The molecule has 0 aliphatic rings. The van der Waals surface area contributed by atoms with Gasteiger partial charge in [0.1, 0.15) is 5.75 Å². The first kappa shape index (κ1) is 14.2. The van der Waals surface area contributed by atoms with Gasteiger partial charge in [-0.05, 0) is 42.2 Å². The summed E-state index contributed by atoms with van der Waals surface area (Å²) in [4.78, 5) is 11.5. The Morgan fingerprint density at radius 1 is 1.33 bits per heavy atom. The van der Waals surface area contributed by atoms with Crippen LogP contribution in [-0.4, -0.2) is 16.7 Å². The highest BCUT2D eigenvalue weighted by atomic mass is 16.3. The predicted octanol–water partition coefficient (Wildman–Crippen LogP) is 2.67. The number of nitrogens with zero attached hydrogens (tertiary/aromatic N) is 1. The molecule has 1 aromatic rings. The van der Waals surface area contributed by atoms with Gasteiger partial charge in [0, 0.05) is 6.42 Å². The number of rotatable bonds is 5. The van der Waals surface area contributed by atoms with Crippen LogP contribution in [0.2, 0.25) is 0 Å². The molecule has 0 radical (unpaired) electrons. The fourth-order valence-electron chi connectivity index (χ4n) is 1.55. The van der Waals surface area contributed by atoms with Gasteiger partial charge in [-0.3, -0.25) is 4.79 Å². The third kappa shape index (κ3) is 4.57. The minimum Gasteiger partial charge on any atom is -0.508 e. The lowest BCUT2D eigenvalue weighted by Gasteiger charge is -2.06. The maximum atomic E-state index is 11.5. The average molecular weight is 248 g/mol. The summed E-state index contributed by atoms with van der Waals surface area (Å²) in [7, 11) is 0. The van der Waals surface area contributed by atoms with Crippen LogP contribution in [0, 0.1) is 5.92 Å². The Balaban J connectivity index is 2.71. The summed E-state index contributed by atoms with van der Waals surface area (Å²) in [6.45, 7) is 5.95. The Hall–Kier alpha value is -1.84. The molecule has 0 saturated carbocycles. The van der Waals surface area contributed by atoms with E-state index in [1.54, 1.807) is 24.3 Å². The van der Waals surface area contributed by atoms with E-state index in [0.717, 1.165) is 11.3 Å². The summed E-state index contributed by atoms with van der Waals surface area (Å²) in [6.07, 6.45) is 1.18. The van der Waals surface area contributed by atoms with Crippen molar-refractivity contribution in [2.24, 2.45) is 11.0 Å². The van der Waals surface area contributed by atoms with E-state index in [2.05, 4.69) is 10.5 Å². The van der Waals surface area contributed by atoms with Crippen molar-refractivity contribution in [1.82, 2.24) is 5.43 Å². The number of aromatic hydroxyl groups is 1. The highest BCUT2D eigenvalue weighted by Gasteiger charge is 2.05. The summed E-state index contributed by atoms with van der Waals surface area (Å²) < 4.78 is 0. The van der Waals surface area contributed by atoms with E-state index in [9.17, 15) is 9.90 Å². The summed E-state index contributed by atoms with van der Waals surface area (Å²) in [5, 5.41) is 13.3. The van der Waals surface area contributed by atoms with Gasteiger partial charge in [-0.2, -0.15) is 5.10 Å². The van der Waals surface area contributed by atoms with E-state index >= 15 is 0 Å². The van der Waals surface area contributed by atoms with Gasteiger partial charge < -0.3 is 5.11 Å². The number of phenols is 1. The monoisotopic (exact) mass is 248 g/mol. The molecule has 4 nitrogen and oxygen atoms in total. The van der Waals surface area contributed by atoms with E-state index < -0.39 is 0 Å². The minimum atomic E-state index is -0.0743. The Bertz CT molecular complexity index is 422. The number of nitrogens with one attached hydrogen (secondary N) is 1. The van der Waals surface area contributed by atoms with Crippen molar-refractivity contribution < 1.29 is 9.90 Å². The molecule has 98 valence electrons. The normalized spacial score (nSPS) is 11.7. The van der Waals surface area contributed by atoms with Crippen molar-refractivity contribution in [3.8, 4) is 5.75 Å². The Morgan fingerprint density at radius 2 is 1.94 bits per heavy atom. The summed E-state index contributed by atoms with van der Waals surface area (Å²) >= 11 is 0. The first-order chi connectivity index (χ1) is 8.52. The van der Waals surface area contributed by atoms with Crippen LogP contribution in [0.15, 0.2) is 29.4 Å². The van der Waals surface area contributed by atoms with E-state index in [0.29, 0.717) is 18.8 Å². The number of amides is 1. The van der Waals surface area contributed by atoms with Crippen molar-refractivity contribution in [3.63, 3.8) is 0 Å². The van der Waals surface area contributed by atoms with E-state index in [1.807, 2.05) is 20.8 Å². The SMILES string of the molecule is CC/C(=N\NC(=O)CC(C)C)c1ccc(O)cc1. The number of hydrogen-bond donors (Lipinski definition) is 2. The van der Waals surface area contributed by atoms with Crippen molar-refractivity contribution in [2.75, 3.05) is 0 Å². The number of carbonyl (C=O) groups is 1. The molecular formula is C14H20N2O2. The molecule has 0 saturated heterocycles. The number of carbonyl (C=O) groups excluding carboxylic acids is 1. The van der Waals surface area contributed by atoms with E-state index in [4.69, 9.17) is 0 Å². The van der Waals surface area contributed by atoms with E-state index in [1.165, 1.54) is 0 Å². The lowest BCUT2D eigenvalue weighted by molar-refractivity contribution is -0.121. The first-order valence-electron chi connectivity index (χ1n) is 6.17. The second-order valence-electron chi connectivity index (χ2n) is 4.59. The van der Waals surface area contributed by atoms with Gasteiger partial charge in [-0.15, -0.1) is 0 Å². The maximum Gasteiger partial charge on any atom is 0.240 e. The van der Waals surface area contributed by atoms with Crippen LogP contribution < -0.4 is 5.43 Å². The standard InChI is InChI=1S/C14H20N2O2/c1-4-13(11-5-7-12(17)8-6-11)15-16-14(18)9-10(2)3/h5-8,10,17H,4,9H2,1-3H3,(H,16,18)/b15-13+. The molecule has 0 fully saturated rings. The third-order valence-electron chi connectivity index (χ3n) is 2.44. The molecule has 1 amide bonds. The Morgan fingerprint density at radius 3 is 2.44 bits per heavy atom. The molecule has 0 heterocycles. The molecule has 0 aliphatic carbocycles. The fraction of sp³-hybridized carbons (Fsp3) is 0.429. The van der Waals surface area contributed by atoms with Gasteiger partial charge in [0.25, 0.3) is 0 Å². The molecule has 18 heavy (non-hydrogen) atoms. The molecule has 0 spiro atoms. The lowest BCUT2D eigenvalue weighted by atomic mass is 10.1. The summed E-state index contributed by atoms with van der Waals surface area (Å²) in [5.74, 6) is 0.465. The van der Waals surface area contributed by atoms with Crippen LogP contribution in [0.4, 0.5) is 0 Å². The average Bonchev–Trinajstić information content (AvgIpc) is 2.31. The van der Waals surface area contributed by atoms with Crippen LogP contribution in [0.3, 0.4) is 0 Å². The van der Waals surface area contributed by atoms with Gasteiger partial charge in [-0.1, -0.05) is 20.8 Å². The van der Waals surface area contributed by atoms with Crippen LogP contribution in [0.1, 0.15) is 39.2 Å². The largest absolute Gasteiger partial charge is 0.508 e. The first-order valence-corrected chi connectivity index (χ1v) is 6.17. The zero-order chi connectivity index (χ0) is 13.5. The molecule has 0 aliphatic heterocycles. The zero-order valence-electron chi connectivity index (χ0n) is 11.1. The van der Waals surface area contributed by atoms with Crippen LogP contribution in [0.5, 0.6) is 5.75 Å². The predicted molar refractivity (Wildman–Crippen MR) is 72.5 cm³/mol. The van der Waals surface area contributed by atoms with Gasteiger partial charge in [0.05, 0.1) is 5.71 Å². The maximum absolute atomic E-state index is 11.5. The number of phenolic OH excluding ortho intramolecular Hbond substituents is 1. The lowest BCUT2D eigenvalue weighted by Crippen LogP contribution is -2.21. The van der Waals surface area contributed by atoms with Crippen LogP contribution >= 0.6 is 0 Å². The van der Waals surface area contributed by atoms with Gasteiger partial charge in [0.15, 0.2) is 0 Å². The number of hydrazone groups is 1. The van der Waals surface area contributed by atoms with Crippen molar-refractivity contribution in [2.45, 2.75) is 33.6 Å². The second-order valence-corrected chi connectivity index (χ2v) is 4.59. The quantitative estimate of drug-likeness (QED) is 0.621. The van der Waals surface area contributed by atoms with Gasteiger partial charge >= 0.3 is 0 Å². The second kappa shape index (κ2) is 6.79.